The number of carbonyl (C=O) groups is 1. The van der Waals surface area contributed by atoms with E-state index in [9.17, 15) is 9.59 Å². The van der Waals surface area contributed by atoms with Gasteiger partial charge in [-0.1, -0.05) is 12.1 Å². The van der Waals surface area contributed by atoms with Gasteiger partial charge in [-0.2, -0.15) is 0 Å². The maximum Gasteiger partial charge on any atom is 0.252 e. The van der Waals surface area contributed by atoms with Crippen molar-refractivity contribution in [2.75, 3.05) is 62.2 Å². The van der Waals surface area contributed by atoms with Gasteiger partial charge in [0, 0.05) is 76.6 Å². The van der Waals surface area contributed by atoms with E-state index in [1.165, 1.54) is 16.8 Å². The molecule has 33 heavy (non-hydrogen) atoms. The van der Waals surface area contributed by atoms with Crippen molar-refractivity contribution in [3.05, 3.63) is 51.4 Å². The summed E-state index contributed by atoms with van der Waals surface area (Å²) in [5.74, 6) is 1.18. The molecule has 0 bridgehead atoms. The minimum atomic E-state index is -0.111. The molecule has 0 unspecified atom stereocenters. The zero-order chi connectivity index (χ0) is 22.9. The number of aryl methyl sites for hydroxylation is 2. The molecule has 3 fully saturated rings. The number of aromatic nitrogens is 2. The lowest BCUT2D eigenvalue weighted by Gasteiger charge is -2.37. The molecule has 0 radical (unpaired) electrons. The first kappa shape index (κ1) is 21.9. The van der Waals surface area contributed by atoms with Crippen LogP contribution < -0.4 is 15.4 Å². The summed E-state index contributed by atoms with van der Waals surface area (Å²) < 4.78 is 0. The maximum atomic E-state index is 12.4. The Labute approximate surface area is 195 Å². The van der Waals surface area contributed by atoms with Gasteiger partial charge in [0.1, 0.15) is 0 Å². The van der Waals surface area contributed by atoms with Crippen molar-refractivity contribution in [1.29, 1.82) is 0 Å². The molecule has 1 aliphatic carbocycles. The predicted molar refractivity (Wildman–Crippen MR) is 130 cm³/mol. The topological polar surface area (TPSA) is 75.8 Å². The summed E-state index contributed by atoms with van der Waals surface area (Å²) in [5.41, 5.74) is 4.63. The fourth-order valence-corrected chi connectivity index (χ4v) is 4.89. The van der Waals surface area contributed by atoms with Gasteiger partial charge in [-0.15, -0.1) is 0 Å². The van der Waals surface area contributed by atoms with Crippen LogP contribution >= 0.6 is 0 Å². The van der Waals surface area contributed by atoms with Crippen LogP contribution in [0.1, 0.15) is 29.7 Å². The van der Waals surface area contributed by atoms with Crippen LogP contribution in [0.2, 0.25) is 0 Å². The van der Waals surface area contributed by atoms with Gasteiger partial charge in [0.2, 0.25) is 11.9 Å². The molecule has 176 valence electrons. The molecule has 1 saturated carbocycles. The lowest BCUT2D eigenvalue weighted by molar-refractivity contribution is -0.132. The van der Waals surface area contributed by atoms with Crippen molar-refractivity contribution < 1.29 is 4.79 Å². The first-order valence-corrected chi connectivity index (χ1v) is 12.1. The zero-order valence-corrected chi connectivity index (χ0v) is 19.7. The Morgan fingerprint density at radius 3 is 2.36 bits per heavy atom. The monoisotopic (exact) mass is 450 g/mol. The summed E-state index contributed by atoms with van der Waals surface area (Å²) in [7, 11) is 0. The fraction of sp³-hybridized carbons (Fsp3) is 0.560. The van der Waals surface area contributed by atoms with E-state index < -0.39 is 0 Å². The van der Waals surface area contributed by atoms with Crippen molar-refractivity contribution in [3.63, 3.8) is 0 Å². The van der Waals surface area contributed by atoms with E-state index in [4.69, 9.17) is 4.98 Å². The Bertz CT molecular complexity index is 1060. The van der Waals surface area contributed by atoms with E-state index >= 15 is 0 Å². The summed E-state index contributed by atoms with van der Waals surface area (Å²) in [5, 5.41) is 0. The molecule has 2 aromatic rings. The number of anilines is 2. The first-order chi connectivity index (χ1) is 16.0. The SMILES string of the molecule is Cc1ccc(C)c(N2CCN(Cc3cc(=O)[nH]c(N4CCN(C(=O)C5CC5)CC4)n3)CC2)c1. The van der Waals surface area contributed by atoms with Crippen LogP contribution in [0.15, 0.2) is 29.1 Å². The third-order valence-corrected chi connectivity index (χ3v) is 7.06. The number of aromatic amines is 1. The highest BCUT2D eigenvalue weighted by Gasteiger charge is 2.34. The van der Waals surface area contributed by atoms with Gasteiger partial charge in [0.05, 0.1) is 5.69 Å². The molecule has 0 atom stereocenters. The highest BCUT2D eigenvalue weighted by atomic mass is 16.2. The number of nitrogens with one attached hydrogen (secondary N) is 1. The van der Waals surface area contributed by atoms with Gasteiger partial charge < -0.3 is 14.7 Å². The van der Waals surface area contributed by atoms with E-state index in [0.717, 1.165) is 44.7 Å². The van der Waals surface area contributed by atoms with Crippen LogP contribution in [-0.4, -0.2) is 78.0 Å². The molecule has 2 saturated heterocycles. The molecular formula is C25H34N6O2. The highest BCUT2D eigenvalue weighted by Crippen LogP contribution is 2.31. The average molecular weight is 451 g/mol. The Hall–Kier alpha value is -2.87. The van der Waals surface area contributed by atoms with Gasteiger partial charge in [-0.3, -0.25) is 19.5 Å². The Balaban J connectivity index is 1.18. The number of piperazine rings is 2. The molecule has 1 aromatic heterocycles. The van der Waals surface area contributed by atoms with Crippen LogP contribution in [0.5, 0.6) is 0 Å². The largest absolute Gasteiger partial charge is 0.369 e. The number of hydrogen-bond donors (Lipinski definition) is 1. The molecule has 3 aliphatic rings. The van der Waals surface area contributed by atoms with Crippen LogP contribution in [0, 0.1) is 19.8 Å². The average Bonchev–Trinajstić information content (AvgIpc) is 3.66. The van der Waals surface area contributed by atoms with E-state index in [-0.39, 0.29) is 11.5 Å². The fourth-order valence-electron chi connectivity index (χ4n) is 4.89. The molecular weight excluding hydrogens is 416 g/mol. The summed E-state index contributed by atoms with van der Waals surface area (Å²) >= 11 is 0. The van der Waals surface area contributed by atoms with E-state index in [1.807, 2.05) is 4.90 Å². The van der Waals surface area contributed by atoms with E-state index in [2.05, 4.69) is 51.7 Å². The van der Waals surface area contributed by atoms with Crippen molar-refractivity contribution in [2.24, 2.45) is 5.92 Å². The summed E-state index contributed by atoms with van der Waals surface area (Å²) in [6, 6.07) is 8.25. The Morgan fingerprint density at radius 2 is 1.67 bits per heavy atom. The maximum absolute atomic E-state index is 12.4. The number of rotatable bonds is 5. The zero-order valence-electron chi connectivity index (χ0n) is 19.7. The highest BCUT2D eigenvalue weighted by molar-refractivity contribution is 5.81. The van der Waals surface area contributed by atoms with Crippen LogP contribution in [0.3, 0.4) is 0 Å². The number of H-pyrrole nitrogens is 1. The standard InChI is InChI=1S/C25H34N6O2/c1-18-3-4-19(2)22(15-18)29-9-7-28(8-10-29)17-21-16-23(32)27-25(26-21)31-13-11-30(12-14-31)24(33)20-5-6-20/h3-4,15-16,20H,5-14,17H2,1-2H3,(H,26,27,32). The predicted octanol–water partition coefficient (Wildman–Crippen LogP) is 1.77. The van der Waals surface area contributed by atoms with Gasteiger partial charge in [-0.05, 0) is 43.9 Å². The molecule has 1 N–H and O–H groups in total. The third kappa shape index (κ3) is 5.05. The lowest BCUT2D eigenvalue weighted by atomic mass is 10.1. The van der Waals surface area contributed by atoms with Crippen molar-refractivity contribution >= 4 is 17.5 Å². The number of carbonyl (C=O) groups excluding carboxylic acids is 1. The Morgan fingerprint density at radius 1 is 0.970 bits per heavy atom. The smallest absolute Gasteiger partial charge is 0.252 e. The van der Waals surface area contributed by atoms with Crippen molar-refractivity contribution in [1.82, 2.24) is 19.8 Å². The second-order valence-electron chi connectivity index (χ2n) is 9.70. The van der Waals surface area contributed by atoms with Crippen LogP contribution in [0.4, 0.5) is 11.6 Å². The number of amides is 1. The second kappa shape index (κ2) is 9.17. The van der Waals surface area contributed by atoms with Gasteiger partial charge in [0.15, 0.2) is 0 Å². The normalized spacial score (nSPS) is 19.8. The van der Waals surface area contributed by atoms with E-state index in [1.54, 1.807) is 6.07 Å². The summed E-state index contributed by atoms with van der Waals surface area (Å²) in [6.07, 6.45) is 2.07. The quantitative estimate of drug-likeness (QED) is 0.748. The van der Waals surface area contributed by atoms with Crippen molar-refractivity contribution in [2.45, 2.75) is 33.2 Å². The number of hydrogen-bond acceptors (Lipinski definition) is 6. The Kier molecular flexibility index (Phi) is 6.10. The minimum absolute atomic E-state index is 0.111. The van der Waals surface area contributed by atoms with E-state index in [0.29, 0.717) is 44.6 Å². The second-order valence-corrected chi connectivity index (χ2v) is 9.70. The van der Waals surface area contributed by atoms with Gasteiger partial charge in [-0.25, -0.2) is 4.98 Å². The van der Waals surface area contributed by atoms with Crippen molar-refractivity contribution in [3.8, 4) is 0 Å². The molecule has 1 amide bonds. The summed E-state index contributed by atoms with van der Waals surface area (Å²) in [6.45, 7) is 11.6. The molecule has 5 rings (SSSR count). The van der Waals surface area contributed by atoms with Gasteiger partial charge in [0.25, 0.3) is 5.56 Å². The first-order valence-electron chi connectivity index (χ1n) is 12.1. The molecule has 8 heteroatoms. The molecule has 8 nitrogen and oxygen atoms in total. The molecule has 3 heterocycles. The van der Waals surface area contributed by atoms with Crippen LogP contribution in [0.25, 0.3) is 0 Å². The number of benzene rings is 1. The minimum Gasteiger partial charge on any atom is -0.369 e. The molecule has 2 aliphatic heterocycles. The molecule has 1 aromatic carbocycles. The van der Waals surface area contributed by atoms with Gasteiger partial charge >= 0.3 is 0 Å². The third-order valence-electron chi connectivity index (χ3n) is 7.06. The van der Waals surface area contributed by atoms with Crippen LogP contribution in [-0.2, 0) is 11.3 Å². The summed E-state index contributed by atoms with van der Waals surface area (Å²) in [4.78, 5) is 41.2. The molecule has 0 spiro atoms. The number of nitrogens with zero attached hydrogens (tertiary/aromatic N) is 5. The lowest BCUT2D eigenvalue weighted by Crippen LogP contribution is -2.50.